The normalized spacial score (nSPS) is 11.3. The van der Waals surface area contributed by atoms with Crippen molar-refractivity contribution in [2.45, 2.75) is 13.5 Å². The number of para-hydroxylation sites is 1. The van der Waals surface area contributed by atoms with E-state index in [1.807, 2.05) is 35.6 Å². The molecule has 0 saturated carbocycles. The molecule has 7 nitrogen and oxygen atoms in total. The number of hydrogen-bond acceptors (Lipinski definition) is 5. The molecule has 0 atom stereocenters. The van der Waals surface area contributed by atoms with Gasteiger partial charge in [0.25, 0.3) is 5.56 Å². The van der Waals surface area contributed by atoms with Crippen LogP contribution in [0.1, 0.15) is 11.4 Å². The number of aryl methyl sites for hydroxylation is 2. The maximum atomic E-state index is 12.5. The predicted octanol–water partition coefficient (Wildman–Crippen LogP) is 3.16. The van der Waals surface area contributed by atoms with Gasteiger partial charge in [0.1, 0.15) is 5.75 Å². The molecule has 0 amide bonds. The molecule has 27 heavy (non-hydrogen) atoms. The summed E-state index contributed by atoms with van der Waals surface area (Å²) >= 11 is 6.17. The minimum Gasteiger partial charge on any atom is -0.495 e. The Balaban J connectivity index is 1.80. The molecule has 138 valence electrons. The van der Waals surface area contributed by atoms with Gasteiger partial charge in [-0.05, 0) is 30.7 Å². The molecule has 0 saturated heterocycles. The van der Waals surface area contributed by atoms with Crippen LogP contribution in [0.3, 0.4) is 0 Å². The Morgan fingerprint density at radius 1 is 1.22 bits per heavy atom. The number of ether oxygens (including phenoxy) is 1. The number of nitrogens with zero attached hydrogens (tertiary/aromatic N) is 4. The van der Waals surface area contributed by atoms with Crippen molar-refractivity contribution in [2.24, 2.45) is 7.05 Å². The molecule has 2 aromatic heterocycles. The molecule has 2 aromatic carbocycles. The average molecular weight is 384 g/mol. The summed E-state index contributed by atoms with van der Waals surface area (Å²) < 4.78 is 8.80. The zero-order valence-corrected chi connectivity index (χ0v) is 15.9. The van der Waals surface area contributed by atoms with E-state index in [-0.39, 0.29) is 5.56 Å². The first-order valence-corrected chi connectivity index (χ1v) is 8.79. The molecular weight excluding hydrogens is 366 g/mol. The van der Waals surface area contributed by atoms with E-state index in [0.29, 0.717) is 34.3 Å². The Morgan fingerprint density at radius 2 is 2.00 bits per heavy atom. The molecule has 4 rings (SSSR count). The van der Waals surface area contributed by atoms with Crippen molar-refractivity contribution in [3.8, 4) is 5.75 Å². The first kappa shape index (κ1) is 17.4. The Hall–Kier alpha value is -3.06. The van der Waals surface area contributed by atoms with Gasteiger partial charge in [0.15, 0.2) is 5.82 Å². The van der Waals surface area contributed by atoms with Gasteiger partial charge in [-0.3, -0.25) is 13.8 Å². The standard InChI is InChI=1S/C19H18ClN5O2/c1-11-8-14(16(27-3)9-13(11)20)21-10-17-22-23-19-24(2)18(26)12-6-4-5-7-15(12)25(17)19/h4-9,21H,10H2,1-3H3. The summed E-state index contributed by atoms with van der Waals surface area (Å²) in [6, 6.07) is 11.1. The van der Waals surface area contributed by atoms with Crippen LogP contribution in [0.2, 0.25) is 5.02 Å². The second-order valence-corrected chi connectivity index (χ2v) is 6.70. The van der Waals surface area contributed by atoms with E-state index in [1.165, 1.54) is 4.57 Å². The predicted molar refractivity (Wildman–Crippen MR) is 106 cm³/mol. The van der Waals surface area contributed by atoms with Crippen LogP contribution in [-0.4, -0.2) is 26.3 Å². The highest BCUT2D eigenvalue weighted by Gasteiger charge is 2.15. The highest BCUT2D eigenvalue weighted by atomic mass is 35.5. The highest BCUT2D eigenvalue weighted by Crippen LogP contribution is 2.31. The SMILES string of the molecule is COc1cc(Cl)c(C)cc1NCc1nnc2n(C)c(=O)c3ccccc3n12. The molecule has 2 heterocycles. The van der Waals surface area contributed by atoms with E-state index in [1.54, 1.807) is 26.3 Å². The number of aromatic nitrogens is 4. The summed E-state index contributed by atoms with van der Waals surface area (Å²) in [5, 5.41) is 13.1. The number of nitrogens with one attached hydrogen (secondary N) is 1. The molecule has 0 fully saturated rings. The zero-order valence-electron chi connectivity index (χ0n) is 15.2. The largest absolute Gasteiger partial charge is 0.495 e. The van der Waals surface area contributed by atoms with Gasteiger partial charge < -0.3 is 10.1 Å². The lowest BCUT2D eigenvalue weighted by Crippen LogP contribution is -2.20. The maximum Gasteiger partial charge on any atom is 0.262 e. The average Bonchev–Trinajstić information content (AvgIpc) is 3.11. The Bertz CT molecular complexity index is 1230. The van der Waals surface area contributed by atoms with E-state index >= 15 is 0 Å². The second kappa shape index (κ2) is 6.59. The Kier molecular flexibility index (Phi) is 4.24. The number of rotatable bonds is 4. The fraction of sp³-hybridized carbons (Fsp3) is 0.211. The van der Waals surface area contributed by atoms with Gasteiger partial charge in [0, 0.05) is 18.1 Å². The molecule has 0 aliphatic rings. The Labute approximate surface area is 160 Å². The lowest BCUT2D eigenvalue weighted by molar-refractivity contribution is 0.416. The topological polar surface area (TPSA) is 73.4 Å². The summed E-state index contributed by atoms with van der Waals surface area (Å²) in [5.41, 5.74) is 2.43. The van der Waals surface area contributed by atoms with Crippen molar-refractivity contribution in [3.05, 3.63) is 63.2 Å². The summed E-state index contributed by atoms with van der Waals surface area (Å²) in [5.74, 6) is 1.83. The molecule has 0 aliphatic heterocycles. The zero-order chi connectivity index (χ0) is 19.1. The minimum absolute atomic E-state index is 0.0972. The number of benzene rings is 2. The van der Waals surface area contributed by atoms with Crippen LogP contribution in [0.25, 0.3) is 16.7 Å². The third-order valence-corrected chi connectivity index (χ3v) is 5.02. The third kappa shape index (κ3) is 2.80. The van der Waals surface area contributed by atoms with Crippen molar-refractivity contribution < 1.29 is 4.74 Å². The van der Waals surface area contributed by atoms with Crippen LogP contribution in [0.15, 0.2) is 41.2 Å². The van der Waals surface area contributed by atoms with Crippen molar-refractivity contribution in [2.75, 3.05) is 12.4 Å². The highest BCUT2D eigenvalue weighted by molar-refractivity contribution is 6.31. The summed E-state index contributed by atoms with van der Waals surface area (Å²) in [4.78, 5) is 12.5. The van der Waals surface area contributed by atoms with E-state index in [4.69, 9.17) is 16.3 Å². The molecule has 8 heteroatoms. The van der Waals surface area contributed by atoms with Gasteiger partial charge in [-0.2, -0.15) is 0 Å². The first-order valence-electron chi connectivity index (χ1n) is 8.41. The summed E-state index contributed by atoms with van der Waals surface area (Å²) in [6.45, 7) is 2.34. The van der Waals surface area contributed by atoms with Crippen molar-refractivity contribution in [1.82, 2.24) is 19.2 Å². The minimum atomic E-state index is -0.0972. The van der Waals surface area contributed by atoms with Crippen LogP contribution in [0.5, 0.6) is 5.75 Å². The fourth-order valence-electron chi connectivity index (χ4n) is 3.15. The van der Waals surface area contributed by atoms with Crippen molar-refractivity contribution in [3.63, 3.8) is 0 Å². The Morgan fingerprint density at radius 3 is 2.78 bits per heavy atom. The summed E-state index contributed by atoms with van der Waals surface area (Å²) in [6.07, 6.45) is 0. The van der Waals surface area contributed by atoms with Gasteiger partial charge in [-0.15, -0.1) is 10.2 Å². The van der Waals surface area contributed by atoms with E-state index in [0.717, 1.165) is 16.8 Å². The number of anilines is 1. The number of hydrogen-bond donors (Lipinski definition) is 1. The van der Waals surface area contributed by atoms with E-state index in [2.05, 4.69) is 15.5 Å². The summed E-state index contributed by atoms with van der Waals surface area (Å²) in [7, 11) is 3.30. The number of fused-ring (bicyclic) bond motifs is 3. The van der Waals surface area contributed by atoms with E-state index in [9.17, 15) is 4.79 Å². The lowest BCUT2D eigenvalue weighted by Gasteiger charge is -2.13. The van der Waals surface area contributed by atoms with Gasteiger partial charge >= 0.3 is 0 Å². The van der Waals surface area contributed by atoms with Gasteiger partial charge in [0.05, 0.1) is 30.2 Å². The van der Waals surface area contributed by atoms with Crippen molar-refractivity contribution in [1.29, 1.82) is 0 Å². The molecule has 4 aromatic rings. The molecule has 0 unspecified atom stereocenters. The van der Waals surface area contributed by atoms with Gasteiger partial charge in [0.2, 0.25) is 5.78 Å². The second-order valence-electron chi connectivity index (χ2n) is 6.29. The van der Waals surface area contributed by atoms with Crippen LogP contribution in [0, 0.1) is 6.92 Å². The van der Waals surface area contributed by atoms with E-state index < -0.39 is 0 Å². The molecule has 0 aliphatic carbocycles. The van der Waals surface area contributed by atoms with Crippen LogP contribution in [-0.2, 0) is 13.6 Å². The molecule has 0 bridgehead atoms. The maximum absolute atomic E-state index is 12.5. The first-order chi connectivity index (χ1) is 13.0. The quantitative estimate of drug-likeness (QED) is 0.586. The smallest absolute Gasteiger partial charge is 0.262 e. The number of halogens is 1. The van der Waals surface area contributed by atoms with Crippen LogP contribution >= 0.6 is 11.6 Å². The van der Waals surface area contributed by atoms with Gasteiger partial charge in [-0.25, -0.2) is 0 Å². The van der Waals surface area contributed by atoms with Crippen molar-refractivity contribution >= 4 is 34.0 Å². The number of methoxy groups -OCH3 is 1. The monoisotopic (exact) mass is 383 g/mol. The van der Waals surface area contributed by atoms with Crippen LogP contribution < -0.4 is 15.6 Å². The molecule has 0 spiro atoms. The fourth-order valence-corrected chi connectivity index (χ4v) is 3.30. The van der Waals surface area contributed by atoms with Crippen LogP contribution in [0.4, 0.5) is 5.69 Å². The van der Waals surface area contributed by atoms with Gasteiger partial charge in [-0.1, -0.05) is 23.7 Å². The lowest BCUT2D eigenvalue weighted by atomic mass is 10.2. The third-order valence-electron chi connectivity index (χ3n) is 4.61. The molecule has 1 N–H and O–H groups in total. The molecule has 0 radical (unpaired) electrons. The molecular formula is C19H18ClN5O2.